The number of aromatic amines is 1. The molecule has 0 fully saturated rings. The van der Waals surface area contributed by atoms with Crippen LogP contribution in [-0.2, 0) is 12.8 Å². The quantitative estimate of drug-likeness (QED) is 0.449. The Bertz CT molecular complexity index is 1180. The van der Waals surface area contributed by atoms with Crippen LogP contribution in [0.4, 0.5) is 16.0 Å². The molecule has 5 nitrogen and oxygen atoms in total. The van der Waals surface area contributed by atoms with Gasteiger partial charge in [0.1, 0.15) is 23.3 Å². The van der Waals surface area contributed by atoms with E-state index in [1.807, 2.05) is 39.0 Å². The monoisotopic (exact) mass is 417 g/mol. The highest BCUT2D eigenvalue weighted by Crippen LogP contribution is 2.28. The van der Waals surface area contributed by atoms with E-state index in [4.69, 9.17) is 5.73 Å². The van der Waals surface area contributed by atoms with E-state index < -0.39 is 0 Å². The molecule has 0 spiro atoms. The molecule has 0 aliphatic carbocycles. The van der Waals surface area contributed by atoms with Crippen LogP contribution in [0.1, 0.15) is 28.2 Å². The Labute approximate surface area is 182 Å². The molecule has 2 aromatic heterocycles. The van der Waals surface area contributed by atoms with Crippen LogP contribution in [0, 0.1) is 26.6 Å². The predicted molar refractivity (Wildman–Crippen MR) is 125 cm³/mol. The fraction of sp³-hybridized carbons (Fsp3) is 0.280. The van der Waals surface area contributed by atoms with Crippen molar-refractivity contribution in [3.05, 3.63) is 82.6 Å². The summed E-state index contributed by atoms with van der Waals surface area (Å²) in [6.07, 6.45) is 1.66. The lowest BCUT2D eigenvalue weighted by Gasteiger charge is -2.24. The number of halogens is 1. The van der Waals surface area contributed by atoms with Crippen LogP contribution >= 0.6 is 0 Å². The minimum Gasteiger partial charge on any atom is -0.384 e. The fourth-order valence-electron chi connectivity index (χ4n) is 4.19. The lowest BCUT2D eigenvalue weighted by Crippen LogP contribution is -2.29. The van der Waals surface area contributed by atoms with E-state index in [2.05, 4.69) is 44.1 Å². The zero-order valence-corrected chi connectivity index (χ0v) is 18.2. The summed E-state index contributed by atoms with van der Waals surface area (Å²) in [5, 5.41) is 0.985. The second kappa shape index (κ2) is 8.76. The van der Waals surface area contributed by atoms with E-state index in [9.17, 15) is 4.39 Å². The van der Waals surface area contributed by atoms with E-state index in [-0.39, 0.29) is 5.82 Å². The Morgan fingerprint density at radius 3 is 2.45 bits per heavy atom. The molecule has 4 aromatic rings. The van der Waals surface area contributed by atoms with Gasteiger partial charge in [0.15, 0.2) is 0 Å². The molecule has 0 bridgehead atoms. The molecule has 160 valence electrons. The number of H-pyrrole nitrogens is 1. The summed E-state index contributed by atoms with van der Waals surface area (Å²) >= 11 is 0. The van der Waals surface area contributed by atoms with E-state index >= 15 is 0 Å². The Morgan fingerprint density at radius 2 is 1.71 bits per heavy atom. The molecule has 3 N–H and O–H groups in total. The van der Waals surface area contributed by atoms with Crippen molar-refractivity contribution >= 4 is 22.5 Å². The molecule has 4 rings (SSSR count). The first-order valence-electron chi connectivity index (χ1n) is 10.6. The van der Waals surface area contributed by atoms with Crippen molar-refractivity contribution in [1.29, 1.82) is 0 Å². The third-order valence-electron chi connectivity index (χ3n) is 5.74. The van der Waals surface area contributed by atoms with Crippen molar-refractivity contribution in [1.82, 2.24) is 15.0 Å². The molecule has 0 amide bonds. The van der Waals surface area contributed by atoms with Crippen LogP contribution in [0.3, 0.4) is 0 Å². The molecule has 0 saturated heterocycles. The average molecular weight is 418 g/mol. The molecule has 2 heterocycles. The number of hydrogen-bond acceptors (Lipinski definition) is 4. The van der Waals surface area contributed by atoms with Crippen LogP contribution in [0.25, 0.3) is 10.9 Å². The van der Waals surface area contributed by atoms with Crippen molar-refractivity contribution in [2.75, 3.05) is 23.7 Å². The number of nitrogens with zero attached hydrogens (tertiary/aromatic N) is 3. The Kier molecular flexibility index (Phi) is 5.89. The number of benzene rings is 2. The fourth-order valence-corrected chi connectivity index (χ4v) is 4.19. The molecule has 0 saturated carbocycles. The van der Waals surface area contributed by atoms with E-state index in [1.54, 1.807) is 0 Å². The Balaban J connectivity index is 1.62. The molecule has 0 atom stereocenters. The minimum absolute atomic E-state index is 0.213. The van der Waals surface area contributed by atoms with Gasteiger partial charge in [0.25, 0.3) is 0 Å². The normalized spacial score (nSPS) is 11.2. The third-order valence-corrected chi connectivity index (χ3v) is 5.74. The zero-order chi connectivity index (χ0) is 22.0. The predicted octanol–water partition coefficient (Wildman–Crippen LogP) is 4.90. The lowest BCUT2D eigenvalue weighted by atomic mass is 10.0. The summed E-state index contributed by atoms with van der Waals surface area (Å²) in [6, 6.07) is 15.6. The summed E-state index contributed by atoms with van der Waals surface area (Å²) in [7, 11) is 0. The second-order valence-electron chi connectivity index (χ2n) is 8.01. The molecule has 0 aliphatic heterocycles. The smallest absolute Gasteiger partial charge is 0.147 e. The molecule has 2 aromatic carbocycles. The molecular weight excluding hydrogens is 389 g/mol. The molecule has 0 aliphatic rings. The van der Waals surface area contributed by atoms with Gasteiger partial charge in [-0.2, -0.15) is 0 Å². The second-order valence-corrected chi connectivity index (χ2v) is 8.01. The SMILES string of the molecule is Cc1nc(N)cc(N(CCc2ccccc2)CCc2c(C)[nH]c3c(F)ccc(C)c23)n1. The van der Waals surface area contributed by atoms with Gasteiger partial charge in [-0.3, -0.25) is 0 Å². The van der Waals surface area contributed by atoms with Crippen molar-refractivity contribution < 1.29 is 4.39 Å². The van der Waals surface area contributed by atoms with Crippen LogP contribution < -0.4 is 10.6 Å². The van der Waals surface area contributed by atoms with Crippen LogP contribution in [-0.4, -0.2) is 28.0 Å². The summed E-state index contributed by atoms with van der Waals surface area (Å²) in [6.45, 7) is 7.43. The standard InChI is InChI=1S/C25H28FN5/c1-16-9-10-21(26)25-24(16)20(17(2)28-25)12-14-31(13-11-19-7-5-4-6-8-19)23-15-22(27)29-18(3)30-23/h4-10,15,28H,11-14H2,1-3H3,(H2,27,29,30). The van der Waals surface area contributed by atoms with Gasteiger partial charge in [-0.05, 0) is 56.4 Å². The van der Waals surface area contributed by atoms with Gasteiger partial charge in [0.05, 0.1) is 5.52 Å². The van der Waals surface area contributed by atoms with E-state index in [0.717, 1.165) is 54.0 Å². The number of aromatic nitrogens is 3. The highest BCUT2D eigenvalue weighted by Gasteiger charge is 2.17. The highest BCUT2D eigenvalue weighted by atomic mass is 19.1. The van der Waals surface area contributed by atoms with E-state index in [1.165, 1.54) is 11.6 Å². The van der Waals surface area contributed by atoms with Gasteiger partial charge in [0.2, 0.25) is 0 Å². The van der Waals surface area contributed by atoms with Gasteiger partial charge in [-0.15, -0.1) is 0 Å². The number of nitrogens with two attached hydrogens (primary N) is 1. The average Bonchev–Trinajstić information content (AvgIpc) is 3.08. The number of rotatable bonds is 7. The zero-order valence-electron chi connectivity index (χ0n) is 18.2. The van der Waals surface area contributed by atoms with Crippen molar-refractivity contribution in [2.45, 2.75) is 33.6 Å². The van der Waals surface area contributed by atoms with Gasteiger partial charge in [-0.25, -0.2) is 14.4 Å². The van der Waals surface area contributed by atoms with Gasteiger partial charge < -0.3 is 15.6 Å². The van der Waals surface area contributed by atoms with Crippen molar-refractivity contribution in [3.8, 4) is 0 Å². The van der Waals surface area contributed by atoms with E-state index in [0.29, 0.717) is 17.2 Å². The van der Waals surface area contributed by atoms with Crippen molar-refractivity contribution in [3.63, 3.8) is 0 Å². The highest BCUT2D eigenvalue weighted by molar-refractivity contribution is 5.88. The van der Waals surface area contributed by atoms with Gasteiger partial charge in [-0.1, -0.05) is 36.4 Å². The molecule has 31 heavy (non-hydrogen) atoms. The number of nitrogens with one attached hydrogen (secondary N) is 1. The van der Waals surface area contributed by atoms with Gasteiger partial charge in [0, 0.05) is 30.2 Å². The largest absolute Gasteiger partial charge is 0.384 e. The maximum Gasteiger partial charge on any atom is 0.147 e. The van der Waals surface area contributed by atoms with Gasteiger partial charge >= 0.3 is 0 Å². The first-order valence-corrected chi connectivity index (χ1v) is 10.6. The van der Waals surface area contributed by atoms with Crippen LogP contribution in [0.15, 0.2) is 48.5 Å². The minimum atomic E-state index is -0.213. The Morgan fingerprint density at radius 1 is 0.968 bits per heavy atom. The van der Waals surface area contributed by atoms with Crippen molar-refractivity contribution in [2.24, 2.45) is 0 Å². The van der Waals surface area contributed by atoms with Crippen LogP contribution in [0.2, 0.25) is 0 Å². The molecular formula is C25H28FN5. The summed E-state index contributed by atoms with van der Waals surface area (Å²) in [4.78, 5) is 14.3. The number of fused-ring (bicyclic) bond motifs is 1. The molecule has 0 unspecified atom stereocenters. The Hall–Kier alpha value is -3.41. The first-order chi connectivity index (χ1) is 14.9. The first kappa shape index (κ1) is 20.8. The number of aryl methyl sites for hydroxylation is 3. The summed E-state index contributed by atoms with van der Waals surface area (Å²) in [5.74, 6) is 1.73. The number of hydrogen-bond donors (Lipinski definition) is 2. The molecule has 0 radical (unpaired) electrons. The maximum atomic E-state index is 14.3. The van der Waals surface area contributed by atoms with Crippen LogP contribution in [0.5, 0.6) is 0 Å². The number of anilines is 2. The summed E-state index contributed by atoms with van der Waals surface area (Å²) < 4.78 is 14.3. The summed E-state index contributed by atoms with van der Waals surface area (Å²) in [5.41, 5.74) is 11.1. The lowest BCUT2D eigenvalue weighted by molar-refractivity contribution is 0.637. The number of nitrogen functional groups attached to an aromatic ring is 1. The topological polar surface area (TPSA) is 70.8 Å². The maximum absolute atomic E-state index is 14.3. The molecule has 6 heteroatoms. The third kappa shape index (κ3) is 4.53.